The number of nitrogen functional groups attached to an aromatic ring is 1. The van der Waals surface area contributed by atoms with Crippen molar-refractivity contribution in [1.82, 2.24) is 20.3 Å². The number of rotatable bonds is 4. The molecule has 0 spiro atoms. The maximum atomic E-state index is 5.83. The van der Waals surface area contributed by atoms with E-state index in [9.17, 15) is 0 Å². The van der Waals surface area contributed by atoms with Crippen molar-refractivity contribution in [2.45, 2.75) is 12.5 Å². The molecule has 0 amide bonds. The van der Waals surface area contributed by atoms with Gasteiger partial charge < -0.3 is 11.1 Å². The third kappa shape index (κ3) is 2.76. The van der Waals surface area contributed by atoms with Crippen LogP contribution in [0.3, 0.4) is 0 Å². The average molecular weight is 229 g/mol. The maximum Gasteiger partial charge on any atom is 0.126 e. The van der Waals surface area contributed by atoms with E-state index in [2.05, 4.69) is 20.3 Å². The normalized spacial score (nSPS) is 12.3. The molecular weight excluding hydrogens is 214 g/mol. The van der Waals surface area contributed by atoms with Gasteiger partial charge in [-0.25, -0.2) is 15.0 Å². The highest BCUT2D eigenvalue weighted by atomic mass is 14.9. The third-order valence-electron chi connectivity index (χ3n) is 2.66. The standard InChI is InChI=1S/C12H15N5/c1-14-11(10-4-6-15-8-17-10)7-9-3-2-5-16-12(9)13/h2-6,8,11,14H,7H2,1H3,(H2,13,16). The van der Waals surface area contributed by atoms with Gasteiger partial charge in [0.15, 0.2) is 0 Å². The smallest absolute Gasteiger partial charge is 0.126 e. The zero-order valence-corrected chi connectivity index (χ0v) is 9.67. The number of pyridine rings is 1. The van der Waals surface area contributed by atoms with E-state index in [-0.39, 0.29) is 6.04 Å². The number of nitrogens with zero attached hydrogens (tertiary/aromatic N) is 3. The molecule has 2 heterocycles. The lowest BCUT2D eigenvalue weighted by molar-refractivity contribution is 0.574. The van der Waals surface area contributed by atoms with E-state index in [4.69, 9.17) is 5.73 Å². The van der Waals surface area contributed by atoms with Gasteiger partial charge in [0.1, 0.15) is 12.1 Å². The van der Waals surface area contributed by atoms with Crippen LogP contribution in [0.2, 0.25) is 0 Å². The first kappa shape index (κ1) is 11.5. The van der Waals surface area contributed by atoms with Crippen molar-refractivity contribution >= 4 is 5.82 Å². The molecule has 5 heteroatoms. The highest BCUT2D eigenvalue weighted by molar-refractivity contribution is 5.39. The molecule has 2 aromatic heterocycles. The second-order valence-electron chi connectivity index (χ2n) is 3.73. The van der Waals surface area contributed by atoms with E-state index in [1.54, 1.807) is 18.7 Å². The topological polar surface area (TPSA) is 76.7 Å². The van der Waals surface area contributed by atoms with E-state index >= 15 is 0 Å². The maximum absolute atomic E-state index is 5.83. The van der Waals surface area contributed by atoms with Crippen LogP contribution in [0, 0.1) is 0 Å². The predicted octanol–water partition coefficient (Wildman–Crippen LogP) is 0.957. The van der Waals surface area contributed by atoms with Gasteiger partial charge in [0.2, 0.25) is 0 Å². The van der Waals surface area contributed by atoms with Gasteiger partial charge in [0.05, 0.1) is 11.7 Å². The summed E-state index contributed by atoms with van der Waals surface area (Å²) < 4.78 is 0. The number of nitrogens with two attached hydrogens (primary N) is 1. The van der Waals surface area contributed by atoms with Crippen LogP contribution in [-0.2, 0) is 6.42 Å². The lowest BCUT2D eigenvalue weighted by atomic mass is 10.0. The fourth-order valence-electron chi connectivity index (χ4n) is 1.70. The van der Waals surface area contributed by atoms with E-state index in [0.29, 0.717) is 5.82 Å². The van der Waals surface area contributed by atoms with Gasteiger partial charge in [0, 0.05) is 12.4 Å². The number of nitrogens with one attached hydrogen (secondary N) is 1. The minimum Gasteiger partial charge on any atom is -0.383 e. The van der Waals surface area contributed by atoms with E-state index in [1.165, 1.54) is 0 Å². The van der Waals surface area contributed by atoms with Gasteiger partial charge in [-0.2, -0.15) is 0 Å². The van der Waals surface area contributed by atoms with Gasteiger partial charge in [-0.3, -0.25) is 0 Å². The van der Waals surface area contributed by atoms with Gasteiger partial charge in [-0.1, -0.05) is 6.07 Å². The Hall–Kier alpha value is -2.01. The molecule has 1 atom stereocenters. The molecule has 0 saturated heterocycles. The van der Waals surface area contributed by atoms with Crippen molar-refractivity contribution in [2.75, 3.05) is 12.8 Å². The minimum atomic E-state index is 0.115. The lowest BCUT2D eigenvalue weighted by Crippen LogP contribution is -2.20. The Morgan fingerprint density at radius 3 is 2.82 bits per heavy atom. The molecule has 0 aliphatic heterocycles. The van der Waals surface area contributed by atoms with Crippen LogP contribution in [0.4, 0.5) is 5.82 Å². The molecule has 0 saturated carbocycles. The van der Waals surface area contributed by atoms with Gasteiger partial charge in [-0.15, -0.1) is 0 Å². The monoisotopic (exact) mass is 229 g/mol. The highest BCUT2D eigenvalue weighted by Gasteiger charge is 2.12. The van der Waals surface area contributed by atoms with Crippen LogP contribution in [0.1, 0.15) is 17.3 Å². The fourth-order valence-corrected chi connectivity index (χ4v) is 1.70. The molecule has 0 aromatic carbocycles. The second kappa shape index (κ2) is 5.36. The molecule has 5 nitrogen and oxygen atoms in total. The molecule has 0 radical (unpaired) electrons. The molecule has 3 N–H and O–H groups in total. The zero-order valence-electron chi connectivity index (χ0n) is 9.67. The van der Waals surface area contributed by atoms with Crippen molar-refractivity contribution in [3.8, 4) is 0 Å². The third-order valence-corrected chi connectivity index (χ3v) is 2.66. The molecule has 2 aromatic rings. The van der Waals surface area contributed by atoms with Crippen LogP contribution in [0.15, 0.2) is 36.9 Å². The Labute approximate surface area is 100 Å². The summed E-state index contributed by atoms with van der Waals surface area (Å²) in [5, 5.41) is 3.22. The summed E-state index contributed by atoms with van der Waals surface area (Å²) in [6.45, 7) is 0. The number of hydrogen-bond acceptors (Lipinski definition) is 5. The lowest BCUT2D eigenvalue weighted by Gasteiger charge is -2.15. The predicted molar refractivity (Wildman–Crippen MR) is 66.2 cm³/mol. The van der Waals surface area contributed by atoms with Crippen molar-refractivity contribution in [3.05, 3.63) is 48.2 Å². The molecule has 0 aliphatic carbocycles. The van der Waals surface area contributed by atoms with Crippen molar-refractivity contribution in [1.29, 1.82) is 0 Å². The summed E-state index contributed by atoms with van der Waals surface area (Å²) in [6, 6.07) is 5.88. The summed E-state index contributed by atoms with van der Waals surface area (Å²) in [6.07, 6.45) is 5.73. The number of anilines is 1. The Balaban J connectivity index is 2.19. The average Bonchev–Trinajstić information content (AvgIpc) is 2.39. The summed E-state index contributed by atoms with van der Waals surface area (Å²) in [5.41, 5.74) is 7.80. The molecule has 0 aliphatic rings. The van der Waals surface area contributed by atoms with E-state index < -0.39 is 0 Å². The quantitative estimate of drug-likeness (QED) is 0.816. The molecule has 0 fully saturated rings. The Kier molecular flexibility index (Phi) is 3.62. The molecule has 88 valence electrons. The largest absolute Gasteiger partial charge is 0.383 e. The summed E-state index contributed by atoms with van der Waals surface area (Å²) in [5.74, 6) is 0.571. The summed E-state index contributed by atoms with van der Waals surface area (Å²) >= 11 is 0. The Bertz CT molecular complexity index is 471. The highest BCUT2D eigenvalue weighted by Crippen LogP contribution is 2.18. The van der Waals surface area contributed by atoms with E-state index in [1.807, 2.05) is 25.2 Å². The van der Waals surface area contributed by atoms with Gasteiger partial charge in [0.25, 0.3) is 0 Å². The second-order valence-corrected chi connectivity index (χ2v) is 3.73. The van der Waals surface area contributed by atoms with Crippen LogP contribution in [0.25, 0.3) is 0 Å². The first-order valence-corrected chi connectivity index (χ1v) is 5.44. The first-order chi connectivity index (χ1) is 8.31. The molecule has 17 heavy (non-hydrogen) atoms. The van der Waals surface area contributed by atoms with Crippen molar-refractivity contribution < 1.29 is 0 Å². The number of aromatic nitrogens is 3. The van der Waals surface area contributed by atoms with Crippen molar-refractivity contribution in [3.63, 3.8) is 0 Å². The molecular formula is C12H15N5. The molecule has 0 bridgehead atoms. The van der Waals surface area contributed by atoms with Crippen LogP contribution in [-0.4, -0.2) is 22.0 Å². The number of likely N-dealkylation sites (N-methyl/N-ethyl adjacent to an activating group) is 1. The summed E-state index contributed by atoms with van der Waals surface area (Å²) in [7, 11) is 1.90. The summed E-state index contributed by atoms with van der Waals surface area (Å²) in [4.78, 5) is 12.2. The van der Waals surface area contributed by atoms with E-state index in [0.717, 1.165) is 17.7 Å². The zero-order chi connectivity index (χ0) is 12.1. The molecule has 1 unspecified atom stereocenters. The van der Waals surface area contributed by atoms with Gasteiger partial charge >= 0.3 is 0 Å². The number of hydrogen-bond donors (Lipinski definition) is 2. The first-order valence-electron chi connectivity index (χ1n) is 5.44. The SMILES string of the molecule is CNC(Cc1cccnc1N)c1ccncn1. The Morgan fingerprint density at radius 2 is 2.18 bits per heavy atom. The van der Waals surface area contributed by atoms with Crippen LogP contribution >= 0.6 is 0 Å². The minimum absolute atomic E-state index is 0.115. The Morgan fingerprint density at radius 1 is 1.29 bits per heavy atom. The fraction of sp³-hybridized carbons (Fsp3) is 0.250. The molecule has 2 rings (SSSR count). The van der Waals surface area contributed by atoms with Crippen LogP contribution < -0.4 is 11.1 Å². The van der Waals surface area contributed by atoms with Gasteiger partial charge in [-0.05, 0) is 31.2 Å². The van der Waals surface area contributed by atoms with Crippen LogP contribution in [0.5, 0.6) is 0 Å². The van der Waals surface area contributed by atoms with Crippen molar-refractivity contribution in [2.24, 2.45) is 0 Å².